The Morgan fingerprint density at radius 3 is 2.72 bits per heavy atom. The molecule has 3 N–H and O–H groups in total. The van der Waals surface area contributed by atoms with Crippen molar-refractivity contribution in [3.8, 4) is 0 Å². The lowest BCUT2D eigenvalue weighted by Crippen LogP contribution is -2.43. The maximum Gasteiger partial charge on any atom is 0.328 e. The molecule has 0 fully saturated rings. The SMILES string of the molecule is CSCc1cccc(C(=O)N[C@H](CO)C(=O)O)c1. The van der Waals surface area contributed by atoms with Crippen LogP contribution in [0.15, 0.2) is 24.3 Å². The van der Waals surface area contributed by atoms with E-state index in [0.717, 1.165) is 11.3 Å². The van der Waals surface area contributed by atoms with Crippen LogP contribution < -0.4 is 5.32 Å². The zero-order valence-electron chi connectivity index (χ0n) is 9.92. The minimum absolute atomic E-state index is 0.390. The molecular weight excluding hydrogens is 254 g/mol. The van der Waals surface area contributed by atoms with E-state index in [-0.39, 0.29) is 0 Å². The monoisotopic (exact) mass is 269 g/mol. The summed E-state index contributed by atoms with van der Waals surface area (Å²) < 4.78 is 0. The van der Waals surface area contributed by atoms with Crippen molar-refractivity contribution in [2.45, 2.75) is 11.8 Å². The van der Waals surface area contributed by atoms with Crippen LogP contribution in [0.1, 0.15) is 15.9 Å². The van der Waals surface area contributed by atoms with E-state index in [0.29, 0.717) is 5.56 Å². The van der Waals surface area contributed by atoms with Crippen LogP contribution in [0.25, 0.3) is 0 Å². The van der Waals surface area contributed by atoms with Crippen molar-refractivity contribution >= 4 is 23.6 Å². The van der Waals surface area contributed by atoms with Crippen molar-refractivity contribution < 1.29 is 19.8 Å². The fourth-order valence-corrected chi connectivity index (χ4v) is 1.91. The van der Waals surface area contributed by atoms with Gasteiger partial charge in [-0.25, -0.2) is 4.79 Å². The summed E-state index contributed by atoms with van der Waals surface area (Å²) in [5, 5.41) is 19.8. The molecule has 0 saturated carbocycles. The lowest BCUT2D eigenvalue weighted by molar-refractivity contribution is -0.140. The molecule has 0 aliphatic heterocycles. The van der Waals surface area contributed by atoms with Crippen LogP contribution in [-0.4, -0.2) is 41.0 Å². The zero-order chi connectivity index (χ0) is 13.5. The fraction of sp³-hybridized carbons (Fsp3) is 0.333. The van der Waals surface area contributed by atoms with Crippen LogP contribution in [-0.2, 0) is 10.5 Å². The smallest absolute Gasteiger partial charge is 0.328 e. The van der Waals surface area contributed by atoms with Gasteiger partial charge < -0.3 is 15.5 Å². The standard InChI is InChI=1S/C12H15NO4S/c1-18-7-8-3-2-4-9(5-8)11(15)13-10(6-14)12(16)17/h2-5,10,14H,6-7H2,1H3,(H,13,15)(H,16,17)/t10-/m1/s1. The summed E-state index contributed by atoms with van der Waals surface area (Å²) in [5.74, 6) is -0.978. The van der Waals surface area contributed by atoms with Crippen molar-refractivity contribution in [2.24, 2.45) is 0 Å². The van der Waals surface area contributed by atoms with Crippen molar-refractivity contribution in [1.29, 1.82) is 0 Å². The van der Waals surface area contributed by atoms with E-state index < -0.39 is 24.5 Å². The zero-order valence-corrected chi connectivity index (χ0v) is 10.7. The molecule has 0 unspecified atom stereocenters. The molecule has 5 nitrogen and oxygen atoms in total. The molecule has 1 aromatic carbocycles. The highest BCUT2D eigenvalue weighted by Crippen LogP contribution is 2.11. The molecule has 0 aromatic heterocycles. The molecule has 0 spiro atoms. The highest BCUT2D eigenvalue weighted by molar-refractivity contribution is 7.97. The molecule has 0 radical (unpaired) electrons. The summed E-state index contributed by atoms with van der Waals surface area (Å²) >= 11 is 1.63. The molecule has 0 aliphatic carbocycles. The second-order valence-corrected chi connectivity index (χ2v) is 4.55. The van der Waals surface area contributed by atoms with Gasteiger partial charge in [-0.1, -0.05) is 12.1 Å². The number of thioether (sulfide) groups is 1. The number of aliphatic hydroxyl groups excluding tert-OH is 1. The van der Waals surface area contributed by atoms with Crippen molar-refractivity contribution in [3.05, 3.63) is 35.4 Å². The van der Waals surface area contributed by atoms with Gasteiger partial charge in [0.2, 0.25) is 0 Å². The van der Waals surface area contributed by atoms with E-state index in [2.05, 4.69) is 5.32 Å². The summed E-state index contributed by atoms with van der Waals surface area (Å²) in [6.45, 7) is -0.633. The number of hydrogen-bond acceptors (Lipinski definition) is 4. The third-order valence-electron chi connectivity index (χ3n) is 2.29. The predicted molar refractivity (Wildman–Crippen MR) is 69.6 cm³/mol. The Morgan fingerprint density at radius 2 is 2.17 bits per heavy atom. The molecule has 1 atom stereocenters. The van der Waals surface area contributed by atoms with Gasteiger partial charge in [-0.3, -0.25) is 4.79 Å². The molecule has 6 heteroatoms. The maximum atomic E-state index is 11.8. The molecule has 1 rings (SSSR count). The number of aliphatic carboxylic acids is 1. The first-order valence-electron chi connectivity index (χ1n) is 5.31. The normalized spacial score (nSPS) is 11.9. The van der Waals surface area contributed by atoms with Gasteiger partial charge in [0.15, 0.2) is 6.04 Å². The van der Waals surface area contributed by atoms with Crippen LogP contribution in [0, 0.1) is 0 Å². The van der Waals surface area contributed by atoms with E-state index >= 15 is 0 Å². The third-order valence-corrected chi connectivity index (χ3v) is 2.91. The predicted octanol–water partition coefficient (Wildman–Crippen LogP) is 0.725. The summed E-state index contributed by atoms with van der Waals surface area (Å²) in [6.07, 6.45) is 1.96. The quantitative estimate of drug-likeness (QED) is 0.708. The van der Waals surface area contributed by atoms with Crippen LogP contribution >= 0.6 is 11.8 Å². The van der Waals surface area contributed by atoms with E-state index in [4.69, 9.17) is 10.2 Å². The minimum Gasteiger partial charge on any atom is -0.480 e. The third kappa shape index (κ3) is 4.05. The van der Waals surface area contributed by atoms with Gasteiger partial charge in [-0.05, 0) is 24.0 Å². The van der Waals surface area contributed by atoms with Crippen LogP contribution in [0.4, 0.5) is 0 Å². The average Bonchev–Trinajstić information content (AvgIpc) is 2.36. The second kappa shape index (κ2) is 7.03. The highest BCUT2D eigenvalue weighted by Gasteiger charge is 2.19. The Balaban J connectivity index is 2.77. The first-order chi connectivity index (χ1) is 8.58. The Morgan fingerprint density at radius 1 is 1.44 bits per heavy atom. The molecule has 98 valence electrons. The Labute approximate surface area is 109 Å². The van der Waals surface area contributed by atoms with E-state index in [1.54, 1.807) is 30.0 Å². The number of carboxylic acid groups (broad SMARTS) is 1. The number of amides is 1. The summed E-state index contributed by atoms with van der Waals surface area (Å²) in [5.41, 5.74) is 1.38. The van der Waals surface area contributed by atoms with Gasteiger partial charge >= 0.3 is 5.97 Å². The fourth-order valence-electron chi connectivity index (χ4n) is 1.40. The minimum atomic E-state index is -1.28. The number of nitrogens with one attached hydrogen (secondary N) is 1. The average molecular weight is 269 g/mol. The Kier molecular flexibility index (Phi) is 5.67. The maximum absolute atomic E-state index is 11.8. The molecule has 18 heavy (non-hydrogen) atoms. The van der Waals surface area contributed by atoms with E-state index in [1.807, 2.05) is 12.3 Å². The number of rotatable bonds is 6. The molecule has 0 heterocycles. The first kappa shape index (κ1) is 14.5. The number of aliphatic hydroxyl groups is 1. The highest BCUT2D eigenvalue weighted by atomic mass is 32.2. The van der Waals surface area contributed by atoms with Crippen LogP contribution in [0.3, 0.4) is 0 Å². The van der Waals surface area contributed by atoms with Gasteiger partial charge in [0.25, 0.3) is 5.91 Å². The molecule has 0 aliphatic rings. The molecule has 0 saturated heterocycles. The molecule has 1 aromatic rings. The second-order valence-electron chi connectivity index (χ2n) is 3.68. The largest absolute Gasteiger partial charge is 0.480 e. The number of hydrogen-bond donors (Lipinski definition) is 3. The van der Waals surface area contributed by atoms with Crippen LogP contribution in [0.2, 0.25) is 0 Å². The van der Waals surface area contributed by atoms with Crippen LogP contribution in [0.5, 0.6) is 0 Å². The summed E-state index contributed by atoms with van der Waals surface area (Å²) in [4.78, 5) is 22.5. The summed E-state index contributed by atoms with van der Waals surface area (Å²) in [6, 6.07) is 5.68. The van der Waals surface area contributed by atoms with E-state index in [9.17, 15) is 9.59 Å². The lowest BCUT2D eigenvalue weighted by Gasteiger charge is -2.12. The van der Waals surface area contributed by atoms with Crippen molar-refractivity contribution in [2.75, 3.05) is 12.9 Å². The van der Waals surface area contributed by atoms with Gasteiger partial charge in [-0.15, -0.1) is 0 Å². The topological polar surface area (TPSA) is 86.6 Å². The number of carboxylic acids is 1. The van der Waals surface area contributed by atoms with E-state index in [1.165, 1.54) is 0 Å². The van der Waals surface area contributed by atoms with Crippen molar-refractivity contribution in [3.63, 3.8) is 0 Å². The number of carbonyl (C=O) groups is 2. The number of benzene rings is 1. The molecular formula is C12H15NO4S. The molecule has 1 amide bonds. The van der Waals surface area contributed by atoms with Crippen molar-refractivity contribution in [1.82, 2.24) is 5.32 Å². The van der Waals surface area contributed by atoms with Gasteiger partial charge in [0.05, 0.1) is 6.61 Å². The van der Waals surface area contributed by atoms with Gasteiger partial charge in [0, 0.05) is 11.3 Å². The van der Waals surface area contributed by atoms with Gasteiger partial charge in [-0.2, -0.15) is 11.8 Å². The first-order valence-corrected chi connectivity index (χ1v) is 6.70. The van der Waals surface area contributed by atoms with Gasteiger partial charge in [0.1, 0.15) is 0 Å². The lowest BCUT2D eigenvalue weighted by atomic mass is 10.1. The number of carbonyl (C=O) groups excluding carboxylic acids is 1. The summed E-state index contributed by atoms with van der Waals surface area (Å²) in [7, 11) is 0. The molecule has 0 bridgehead atoms. The Hall–Kier alpha value is -1.53. The Bertz CT molecular complexity index is 436.